The Hall–Kier alpha value is -1.30. The van der Waals surface area contributed by atoms with Gasteiger partial charge in [0.05, 0.1) is 6.10 Å². The van der Waals surface area contributed by atoms with Crippen molar-refractivity contribution in [1.82, 2.24) is 5.32 Å². The quantitative estimate of drug-likeness (QED) is 0.802. The highest BCUT2D eigenvalue weighted by Crippen LogP contribution is 2.17. The molecule has 1 aliphatic rings. The lowest BCUT2D eigenvalue weighted by Gasteiger charge is -2.23. The standard InChI is InChI=1S/C17H31NO5/c1-6-7-8-13-11-12(2)22-15(19)14(9-10-21-13)18-16(20)23-17(3,4)5/h12-14H,6-11H2,1-5H3,(H,18,20)/t12?,13?,14-/m0/s1. The number of alkyl carbamates (subject to hydrolysis) is 1. The van der Waals surface area contributed by atoms with Crippen molar-refractivity contribution in [1.29, 1.82) is 0 Å². The molecule has 1 N–H and O–H groups in total. The average molecular weight is 329 g/mol. The molecule has 2 unspecified atom stereocenters. The first-order valence-corrected chi connectivity index (χ1v) is 8.53. The highest BCUT2D eigenvalue weighted by molar-refractivity contribution is 5.81. The second-order valence-corrected chi connectivity index (χ2v) is 7.11. The molecule has 6 heteroatoms. The van der Waals surface area contributed by atoms with Crippen molar-refractivity contribution in [2.24, 2.45) is 0 Å². The number of amides is 1. The van der Waals surface area contributed by atoms with E-state index in [1.54, 1.807) is 20.8 Å². The molecule has 0 aliphatic carbocycles. The van der Waals surface area contributed by atoms with Crippen molar-refractivity contribution in [3.63, 3.8) is 0 Å². The van der Waals surface area contributed by atoms with E-state index in [1.807, 2.05) is 6.92 Å². The van der Waals surface area contributed by atoms with E-state index in [-0.39, 0.29) is 12.2 Å². The summed E-state index contributed by atoms with van der Waals surface area (Å²) in [4.78, 5) is 24.1. The Balaban J connectivity index is 2.61. The first-order chi connectivity index (χ1) is 10.7. The predicted octanol–water partition coefficient (Wildman–Crippen LogP) is 3.18. The van der Waals surface area contributed by atoms with Crippen LogP contribution in [0.2, 0.25) is 0 Å². The number of hydrogen-bond acceptors (Lipinski definition) is 5. The van der Waals surface area contributed by atoms with Crippen LogP contribution in [0.15, 0.2) is 0 Å². The lowest BCUT2D eigenvalue weighted by atomic mass is 10.1. The van der Waals surface area contributed by atoms with Gasteiger partial charge >= 0.3 is 12.1 Å². The molecule has 23 heavy (non-hydrogen) atoms. The number of carbonyl (C=O) groups excluding carboxylic acids is 2. The first-order valence-electron chi connectivity index (χ1n) is 8.53. The fourth-order valence-electron chi connectivity index (χ4n) is 2.45. The van der Waals surface area contributed by atoms with Gasteiger partial charge in [0.25, 0.3) is 0 Å². The third-order valence-electron chi connectivity index (χ3n) is 3.53. The molecule has 0 aromatic heterocycles. The Morgan fingerprint density at radius 2 is 2.09 bits per heavy atom. The summed E-state index contributed by atoms with van der Waals surface area (Å²) >= 11 is 0. The minimum absolute atomic E-state index is 0.0954. The molecule has 1 aliphatic heterocycles. The maximum atomic E-state index is 12.2. The van der Waals surface area contributed by atoms with Crippen LogP contribution in [0.25, 0.3) is 0 Å². The van der Waals surface area contributed by atoms with E-state index in [4.69, 9.17) is 14.2 Å². The number of carbonyl (C=O) groups is 2. The second-order valence-electron chi connectivity index (χ2n) is 7.11. The van der Waals surface area contributed by atoms with Crippen LogP contribution in [0.3, 0.4) is 0 Å². The number of ether oxygens (including phenoxy) is 3. The largest absolute Gasteiger partial charge is 0.461 e. The van der Waals surface area contributed by atoms with Gasteiger partial charge in [-0.1, -0.05) is 19.8 Å². The van der Waals surface area contributed by atoms with Gasteiger partial charge in [-0.15, -0.1) is 0 Å². The summed E-state index contributed by atoms with van der Waals surface area (Å²) in [6, 6.07) is -0.739. The summed E-state index contributed by atoms with van der Waals surface area (Å²) in [5.74, 6) is -0.428. The van der Waals surface area contributed by atoms with Gasteiger partial charge in [0.1, 0.15) is 17.7 Å². The van der Waals surface area contributed by atoms with Crippen molar-refractivity contribution in [3.8, 4) is 0 Å². The van der Waals surface area contributed by atoms with Gasteiger partial charge in [0.15, 0.2) is 0 Å². The van der Waals surface area contributed by atoms with Gasteiger partial charge in [-0.05, 0) is 34.1 Å². The fraction of sp³-hybridized carbons (Fsp3) is 0.882. The van der Waals surface area contributed by atoms with Crippen LogP contribution >= 0.6 is 0 Å². The number of cyclic esters (lactones) is 1. The van der Waals surface area contributed by atoms with Crippen molar-refractivity contribution in [2.45, 2.75) is 90.6 Å². The molecule has 1 amide bonds. The van der Waals surface area contributed by atoms with Gasteiger partial charge in [0, 0.05) is 19.4 Å². The molecule has 1 fully saturated rings. The van der Waals surface area contributed by atoms with E-state index >= 15 is 0 Å². The molecule has 0 spiro atoms. The summed E-state index contributed by atoms with van der Waals surface area (Å²) in [5.41, 5.74) is -0.610. The van der Waals surface area contributed by atoms with Gasteiger partial charge < -0.3 is 19.5 Å². The molecule has 1 heterocycles. The van der Waals surface area contributed by atoms with Gasteiger partial charge in [-0.25, -0.2) is 9.59 Å². The minimum atomic E-state index is -0.739. The van der Waals surface area contributed by atoms with Gasteiger partial charge in [0.2, 0.25) is 0 Å². The normalized spacial score (nSPS) is 26.5. The molecule has 3 atom stereocenters. The van der Waals surface area contributed by atoms with Gasteiger partial charge in [-0.2, -0.15) is 0 Å². The highest BCUT2D eigenvalue weighted by Gasteiger charge is 2.29. The maximum Gasteiger partial charge on any atom is 0.408 e. The molecule has 0 aromatic carbocycles. The zero-order valence-corrected chi connectivity index (χ0v) is 15.0. The minimum Gasteiger partial charge on any atom is -0.461 e. The lowest BCUT2D eigenvalue weighted by Crippen LogP contribution is -2.45. The number of unbranched alkanes of at least 4 members (excludes halogenated alkanes) is 1. The van der Waals surface area contributed by atoms with E-state index < -0.39 is 23.7 Å². The Labute approximate surface area is 139 Å². The number of hydrogen-bond donors (Lipinski definition) is 1. The Kier molecular flexibility index (Phi) is 7.82. The topological polar surface area (TPSA) is 73.9 Å². The second kappa shape index (κ2) is 9.11. The highest BCUT2D eigenvalue weighted by atomic mass is 16.6. The van der Waals surface area contributed by atoms with Crippen molar-refractivity contribution >= 4 is 12.1 Å². The van der Waals surface area contributed by atoms with Crippen molar-refractivity contribution < 1.29 is 23.8 Å². The van der Waals surface area contributed by atoms with E-state index in [0.29, 0.717) is 19.4 Å². The van der Waals surface area contributed by atoms with Gasteiger partial charge in [-0.3, -0.25) is 0 Å². The molecule has 6 nitrogen and oxygen atoms in total. The van der Waals surface area contributed by atoms with Crippen molar-refractivity contribution in [2.75, 3.05) is 6.61 Å². The number of rotatable bonds is 4. The van der Waals surface area contributed by atoms with Crippen LogP contribution in [-0.4, -0.2) is 42.5 Å². The summed E-state index contributed by atoms with van der Waals surface area (Å²) in [7, 11) is 0. The molecule has 1 saturated heterocycles. The summed E-state index contributed by atoms with van der Waals surface area (Å²) < 4.78 is 16.5. The zero-order chi connectivity index (χ0) is 17.5. The molecular weight excluding hydrogens is 298 g/mol. The van der Waals surface area contributed by atoms with Crippen molar-refractivity contribution in [3.05, 3.63) is 0 Å². The van der Waals surface area contributed by atoms with Crippen LogP contribution in [0, 0.1) is 0 Å². The average Bonchev–Trinajstić information content (AvgIpc) is 2.46. The van der Waals surface area contributed by atoms with Crippen LogP contribution in [0.1, 0.15) is 66.7 Å². The molecule has 0 bridgehead atoms. The molecule has 0 saturated carbocycles. The first kappa shape index (κ1) is 19.7. The molecular formula is C17H31NO5. The number of esters is 1. The molecule has 1 rings (SSSR count). The third-order valence-corrected chi connectivity index (χ3v) is 3.53. The molecule has 0 aromatic rings. The van der Waals surface area contributed by atoms with E-state index in [9.17, 15) is 9.59 Å². The van der Waals surface area contributed by atoms with E-state index in [2.05, 4.69) is 12.2 Å². The summed E-state index contributed by atoms with van der Waals surface area (Å²) in [6.45, 7) is 9.73. The Morgan fingerprint density at radius 1 is 1.39 bits per heavy atom. The maximum absolute atomic E-state index is 12.2. The molecule has 134 valence electrons. The Morgan fingerprint density at radius 3 is 2.70 bits per heavy atom. The SMILES string of the molecule is CCCCC1CC(C)OC(=O)[C@@H](NC(=O)OC(C)(C)C)CCO1. The fourth-order valence-corrected chi connectivity index (χ4v) is 2.45. The zero-order valence-electron chi connectivity index (χ0n) is 15.0. The van der Waals surface area contributed by atoms with E-state index in [1.165, 1.54) is 0 Å². The smallest absolute Gasteiger partial charge is 0.408 e. The van der Waals surface area contributed by atoms with Crippen LogP contribution in [-0.2, 0) is 19.0 Å². The lowest BCUT2D eigenvalue weighted by molar-refractivity contribution is -0.151. The molecule has 0 radical (unpaired) electrons. The summed E-state index contributed by atoms with van der Waals surface area (Å²) in [5, 5.41) is 2.58. The van der Waals surface area contributed by atoms with Crippen LogP contribution < -0.4 is 5.32 Å². The van der Waals surface area contributed by atoms with Crippen LogP contribution in [0.4, 0.5) is 4.79 Å². The number of nitrogens with one attached hydrogen (secondary N) is 1. The predicted molar refractivity (Wildman–Crippen MR) is 87.2 cm³/mol. The third kappa shape index (κ3) is 8.21. The van der Waals surface area contributed by atoms with E-state index in [0.717, 1.165) is 19.3 Å². The Bertz CT molecular complexity index is 391. The summed E-state index contributed by atoms with van der Waals surface area (Å²) in [6.07, 6.45) is 3.47. The van der Waals surface area contributed by atoms with Crippen LogP contribution in [0.5, 0.6) is 0 Å². The monoisotopic (exact) mass is 329 g/mol.